The molecule has 398 valence electrons. The highest BCUT2D eigenvalue weighted by atomic mass is 16.5. The van der Waals surface area contributed by atoms with Gasteiger partial charge in [-0.3, -0.25) is 19.1 Å². The molecule has 3 aromatic rings. The van der Waals surface area contributed by atoms with Crippen LogP contribution in [0.2, 0.25) is 0 Å². The number of carbonyl (C=O) groups excluding carboxylic acids is 2. The number of nitrogens with one attached hydrogen (secondary N) is 2. The lowest BCUT2D eigenvalue weighted by atomic mass is 10.1. The van der Waals surface area contributed by atoms with Crippen molar-refractivity contribution in [2.24, 2.45) is 0 Å². The Bertz CT molecular complexity index is 1900. The van der Waals surface area contributed by atoms with E-state index in [2.05, 4.69) is 50.8 Å². The van der Waals surface area contributed by atoms with Gasteiger partial charge in [0.15, 0.2) is 11.5 Å². The van der Waals surface area contributed by atoms with E-state index in [1.165, 1.54) is 88.7 Å². The fraction of sp³-hybridized carbons (Fsp3) is 0.764. The summed E-state index contributed by atoms with van der Waals surface area (Å²) < 4.78 is 12.2. The highest BCUT2D eigenvalue weighted by Gasteiger charge is 2.20. The number of aliphatic hydroxyl groups is 3. The molecule has 1 amide bonds. The van der Waals surface area contributed by atoms with Gasteiger partial charge in [0.1, 0.15) is 5.52 Å². The molecule has 0 saturated heterocycles. The minimum absolute atomic E-state index is 0.0668. The Hall–Kier alpha value is -3.89. The normalized spacial score (nSPS) is 13.1. The standard InChI is InChI=1S/C55H95N7O8/c1-6-9-12-14-16-18-20-23-31-47(64)42-60(35-28-36-61(40-44(4)63)43-48(65)32-24-21-19-17-15-13-10-7-2)34-26-22-25-33-49(66)56-52-51-53(59-54(58-52)70-37-11-8-3)62(55(68)57-51)41-46-30-27-29-45(38-46)39-50(67)69-5/h27,29-30,38,44,47-48,63-65H,6-26,28,31-37,39-43H2,1-5H3,(H,57,68)(H,56,58,59,66). The second kappa shape index (κ2) is 36.9. The Morgan fingerprint density at radius 1 is 0.700 bits per heavy atom. The Kier molecular flexibility index (Phi) is 31.9. The van der Waals surface area contributed by atoms with Gasteiger partial charge in [0.05, 0.1) is 45.0 Å². The molecule has 15 heteroatoms. The molecule has 5 N–H and O–H groups in total. The largest absolute Gasteiger partial charge is 0.469 e. The van der Waals surface area contributed by atoms with Crippen molar-refractivity contribution in [2.45, 2.75) is 219 Å². The molecular formula is C55H95N7O8. The molecule has 0 aliphatic carbocycles. The molecule has 2 aromatic heterocycles. The van der Waals surface area contributed by atoms with Crippen molar-refractivity contribution >= 4 is 28.9 Å². The average molecular weight is 982 g/mol. The van der Waals surface area contributed by atoms with Crippen LogP contribution in [0.15, 0.2) is 29.1 Å². The molecule has 15 nitrogen and oxygen atoms in total. The first-order valence-electron chi connectivity index (χ1n) is 27.5. The summed E-state index contributed by atoms with van der Waals surface area (Å²) in [5, 5.41) is 35.4. The van der Waals surface area contributed by atoms with Crippen LogP contribution in [0, 0.1) is 0 Å². The lowest BCUT2D eigenvalue weighted by Gasteiger charge is -2.29. The number of unbranched alkanes of at least 4 members (excludes halogenated alkanes) is 17. The van der Waals surface area contributed by atoms with E-state index >= 15 is 0 Å². The molecule has 0 bridgehead atoms. The molecule has 2 heterocycles. The molecule has 0 aliphatic heterocycles. The highest BCUT2D eigenvalue weighted by molar-refractivity contribution is 5.97. The number of methoxy groups -OCH3 is 1. The van der Waals surface area contributed by atoms with Gasteiger partial charge in [0.25, 0.3) is 0 Å². The van der Waals surface area contributed by atoms with Crippen molar-refractivity contribution in [3.8, 4) is 6.01 Å². The van der Waals surface area contributed by atoms with Gasteiger partial charge in [-0.15, -0.1) is 0 Å². The molecule has 3 atom stereocenters. The molecule has 70 heavy (non-hydrogen) atoms. The third-order valence-corrected chi connectivity index (χ3v) is 13.1. The maximum atomic E-state index is 13.5. The zero-order chi connectivity index (χ0) is 50.8. The van der Waals surface area contributed by atoms with Crippen LogP contribution < -0.4 is 15.7 Å². The van der Waals surface area contributed by atoms with Gasteiger partial charge in [-0.2, -0.15) is 9.97 Å². The van der Waals surface area contributed by atoms with Gasteiger partial charge in [0, 0.05) is 26.1 Å². The number of rotatable bonds is 43. The van der Waals surface area contributed by atoms with Gasteiger partial charge in [-0.1, -0.05) is 161 Å². The predicted molar refractivity (Wildman–Crippen MR) is 283 cm³/mol. The molecule has 3 unspecified atom stereocenters. The lowest BCUT2D eigenvalue weighted by molar-refractivity contribution is -0.139. The van der Waals surface area contributed by atoms with E-state index in [0.717, 1.165) is 101 Å². The zero-order valence-corrected chi connectivity index (χ0v) is 44.2. The maximum absolute atomic E-state index is 13.5. The van der Waals surface area contributed by atoms with Crippen LogP contribution in [0.4, 0.5) is 5.82 Å². The molecule has 0 aliphatic rings. The number of anilines is 1. The zero-order valence-electron chi connectivity index (χ0n) is 44.2. The second-order valence-electron chi connectivity index (χ2n) is 19.8. The molecule has 1 aromatic carbocycles. The van der Waals surface area contributed by atoms with Crippen molar-refractivity contribution in [3.63, 3.8) is 0 Å². The molecule has 0 radical (unpaired) electrons. The number of esters is 1. The Balaban J connectivity index is 1.60. The van der Waals surface area contributed by atoms with Crippen molar-refractivity contribution in [2.75, 3.05) is 58.3 Å². The molecular weight excluding hydrogens is 887 g/mol. The van der Waals surface area contributed by atoms with Crippen LogP contribution in [0.3, 0.4) is 0 Å². The number of nitrogens with zero attached hydrogens (tertiary/aromatic N) is 5. The summed E-state index contributed by atoms with van der Waals surface area (Å²) in [4.78, 5) is 55.3. The van der Waals surface area contributed by atoms with Gasteiger partial charge in [-0.05, 0) is 76.2 Å². The summed E-state index contributed by atoms with van der Waals surface area (Å²) in [6, 6.07) is 7.44. The minimum Gasteiger partial charge on any atom is -0.469 e. The number of aliphatic hydroxyl groups excluding tert-OH is 3. The third-order valence-electron chi connectivity index (χ3n) is 13.1. The number of hydrogen-bond acceptors (Lipinski definition) is 12. The second-order valence-corrected chi connectivity index (χ2v) is 19.8. The van der Waals surface area contributed by atoms with Crippen molar-refractivity contribution in [1.82, 2.24) is 29.3 Å². The number of imidazole rings is 1. The van der Waals surface area contributed by atoms with E-state index < -0.39 is 24.0 Å². The number of ether oxygens (including phenoxy) is 2. The van der Waals surface area contributed by atoms with Crippen molar-refractivity contribution in [1.29, 1.82) is 0 Å². The summed E-state index contributed by atoms with van der Waals surface area (Å²) in [7, 11) is 1.35. The highest BCUT2D eigenvalue weighted by Crippen LogP contribution is 2.23. The van der Waals surface area contributed by atoms with Gasteiger partial charge < -0.3 is 40.0 Å². The SMILES string of the molecule is CCCCCCCCCCC(O)CN(CCCCCC(=O)Nc1nc(OCCCC)nc2c1[nH]c(=O)n2Cc1cccc(CC(=O)OC)c1)CCCN(CC(C)O)CC(O)CCCCCCCCCC. The number of amides is 1. The predicted octanol–water partition coefficient (Wildman–Crippen LogP) is 9.72. The summed E-state index contributed by atoms with van der Waals surface area (Å²) in [6.45, 7) is 12.9. The van der Waals surface area contributed by atoms with E-state index in [-0.39, 0.29) is 43.1 Å². The first kappa shape index (κ1) is 60.4. The lowest BCUT2D eigenvalue weighted by Crippen LogP contribution is -2.40. The number of aromatic nitrogens is 4. The summed E-state index contributed by atoms with van der Waals surface area (Å²) >= 11 is 0. The first-order valence-corrected chi connectivity index (χ1v) is 27.5. The van der Waals surface area contributed by atoms with Crippen molar-refractivity contribution in [3.05, 3.63) is 45.9 Å². The first-order chi connectivity index (χ1) is 34.0. The number of fused-ring (bicyclic) bond motifs is 1. The quantitative estimate of drug-likeness (QED) is 0.0267. The van der Waals surface area contributed by atoms with Gasteiger partial charge >= 0.3 is 17.7 Å². The third kappa shape index (κ3) is 26.0. The monoisotopic (exact) mass is 982 g/mol. The Morgan fingerprint density at radius 2 is 1.26 bits per heavy atom. The van der Waals surface area contributed by atoms with E-state index in [4.69, 9.17) is 9.47 Å². The fourth-order valence-corrected chi connectivity index (χ4v) is 9.12. The van der Waals surface area contributed by atoms with E-state index in [0.29, 0.717) is 43.8 Å². The number of H-pyrrole nitrogens is 1. The maximum Gasteiger partial charge on any atom is 0.328 e. The topological polar surface area (TPSA) is 195 Å². The minimum atomic E-state index is -0.489. The van der Waals surface area contributed by atoms with Crippen LogP contribution in [0.5, 0.6) is 6.01 Å². The van der Waals surface area contributed by atoms with Crippen molar-refractivity contribution < 1.29 is 34.4 Å². The average Bonchev–Trinajstić information content (AvgIpc) is 3.64. The van der Waals surface area contributed by atoms with Crippen LogP contribution in [0.1, 0.15) is 199 Å². The summed E-state index contributed by atoms with van der Waals surface area (Å²) in [5.74, 6) is -0.410. The van der Waals surface area contributed by atoms with E-state index in [1.54, 1.807) is 6.92 Å². The molecule has 0 spiro atoms. The number of benzene rings is 1. The van der Waals surface area contributed by atoms with Gasteiger partial charge in [0.2, 0.25) is 5.91 Å². The van der Waals surface area contributed by atoms with E-state index in [9.17, 15) is 29.7 Å². The number of hydrogen-bond donors (Lipinski definition) is 5. The summed E-state index contributed by atoms with van der Waals surface area (Å²) in [5.41, 5.74) is 1.73. The summed E-state index contributed by atoms with van der Waals surface area (Å²) in [6.07, 6.45) is 25.1. The number of carbonyl (C=O) groups is 2. The fourth-order valence-electron chi connectivity index (χ4n) is 9.12. The molecule has 0 fully saturated rings. The molecule has 3 rings (SSSR count). The van der Waals surface area contributed by atoms with Crippen LogP contribution in [-0.4, -0.2) is 128 Å². The van der Waals surface area contributed by atoms with Crippen LogP contribution in [0.25, 0.3) is 11.2 Å². The number of aromatic amines is 1. The van der Waals surface area contributed by atoms with Gasteiger partial charge in [-0.25, -0.2) is 4.79 Å². The Labute approximate surface area is 420 Å². The Morgan fingerprint density at radius 3 is 1.87 bits per heavy atom. The molecule has 0 saturated carbocycles. The smallest absolute Gasteiger partial charge is 0.328 e. The van der Waals surface area contributed by atoms with E-state index in [1.807, 2.05) is 24.3 Å². The van der Waals surface area contributed by atoms with Crippen LogP contribution >= 0.6 is 0 Å². The van der Waals surface area contributed by atoms with Crippen LogP contribution in [-0.2, 0) is 27.3 Å².